The second-order valence-corrected chi connectivity index (χ2v) is 8.66. The van der Waals surface area contributed by atoms with E-state index in [-0.39, 0.29) is 24.3 Å². The van der Waals surface area contributed by atoms with Crippen LogP contribution in [0.1, 0.15) is 25.0 Å². The molecule has 3 N–H and O–H groups in total. The largest absolute Gasteiger partial charge is 0.354 e. The van der Waals surface area contributed by atoms with Gasteiger partial charge in [-0.1, -0.05) is 24.3 Å². The van der Waals surface area contributed by atoms with Crippen LogP contribution in [0.25, 0.3) is 6.08 Å². The normalized spacial score (nSPS) is 11.4. The van der Waals surface area contributed by atoms with Crippen molar-refractivity contribution in [2.75, 3.05) is 16.3 Å². The van der Waals surface area contributed by atoms with Gasteiger partial charge in [-0.25, -0.2) is 8.42 Å². The average molecular weight is 416 g/mol. The summed E-state index contributed by atoms with van der Waals surface area (Å²) in [6, 6.07) is 13.8. The Labute approximate surface area is 171 Å². The molecular formula is C21H25N3O4S. The highest BCUT2D eigenvalue weighted by atomic mass is 32.2. The highest BCUT2D eigenvalue weighted by Gasteiger charge is 2.05. The molecule has 8 heteroatoms. The number of benzene rings is 2. The van der Waals surface area contributed by atoms with Gasteiger partial charge in [-0.05, 0) is 55.3 Å². The minimum absolute atomic E-state index is 0.0440. The summed E-state index contributed by atoms with van der Waals surface area (Å²) in [4.78, 5) is 23.8. The average Bonchev–Trinajstić information content (AvgIpc) is 2.61. The van der Waals surface area contributed by atoms with Crippen LogP contribution in [0, 0.1) is 0 Å². The Hall–Kier alpha value is -3.13. The van der Waals surface area contributed by atoms with Crippen molar-refractivity contribution in [3.05, 3.63) is 65.7 Å². The first-order chi connectivity index (χ1) is 13.6. The highest BCUT2D eigenvalue weighted by molar-refractivity contribution is 7.92. The van der Waals surface area contributed by atoms with Gasteiger partial charge in [0.25, 0.3) is 0 Å². The van der Waals surface area contributed by atoms with Crippen LogP contribution in [0.2, 0.25) is 0 Å². The number of sulfonamides is 1. The molecule has 0 aliphatic heterocycles. The van der Waals surface area contributed by atoms with Crippen molar-refractivity contribution in [1.29, 1.82) is 0 Å². The van der Waals surface area contributed by atoms with Gasteiger partial charge in [0.1, 0.15) is 0 Å². The van der Waals surface area contributed by atoms with Crippen LogP contribution in [-0.2, 0) is 26.0 Å². The molecule has 0 fully saturated rings. The Morgan fingerprint density at radius 1 is 0.966 bits per heavy atom. The van der Waals surface area contributed by atoms with Crippen LogP contribution in [-0.4, -0.2) is 32.5 Å². The quantitative estimate of drug-likeness (QED) is 0.577. The minimum Gasteiger partial charge on any atom is -0.354 e. The second kappa shape index (κ2) is 9.88. The molecule has 0 heterocycles. The third-order valence-electron chi connectivity index (χ3n) is 3.68. The molecule has 0 aliphatic rings. The summed E-state index contributed by atoms with van der Waals surface area (Å²) in [7, 11) is -3.32. The maximum Gasteiger partial charge on any atom is 0.248 e. The number of carbonyl (C=O) groups excluding carboxylic acids is 2. The Bertz CT molecular complexity index is 980. The Morgan fingerprint density at radius 3 is 2.10 bits per heavy atom. The predicted molar refractivity (Wildman–Crippen MR) is 116 cm³/mol. The maximum atomic E-state index is 12.1. The summed E-state index contributed by atoms with van der Waals surface area (Å²) in [6.45, 7) is 3.82. The van der Waals surface area contributed by atoms with Crippen molar-refractivity contribution in [3.63, 3.8) is 0 Å². The molecule has 0 bridgehead atoms. The first-order valence-corrected chi connectivity index (χ1v) is 10.9. The van der Waals surface area contributed by atoms with E-state index in [9.17, 15) is 18.0 Å². The second-order valence-electron chi connectivity index (χ2n) is 6.91. The van der Waals surface area contributed by atoms with Crippen LogP contribution >= 0.6 is 0 Å². The molecule has 0 aliphatic carbocycles. The Kier molecular flexibility index (Phi) is 7.55. The van der Waals surface area contributed by atoms with Crippen LogP contribution < -0.4 is 15.4 Å². The fourth-order valence-corrected chi connectivity index (χ4v) is 3.06. The van der Waals surface area contributed by atoms with E-state index in [4.69, 9.17) is 0 Å². The number of hydrogen-bond acceptors (Lipinski definition) is 4. The number of amides is 2. The Balaban J connectivity index is 1.89. The van der Waals surface area contributed by atoms with Gasteiger partial charge in [-0.15, -0.1) is 0 Å². The predicted octanol–water partition coefficient (Wildman–Crippen LogP) is 2.78. The molecule has 154 valence electrons. The lowest BCUT2D eigenvalue weighted by Crippen LogP contribution is -2.31. The van der Waals surface area contributed by atoms with Gasteiger partial charge >= 0.3 is 0 Å². The molecular weight excluding hydrogens is 390 g/mol. The molecule has 0 radical (unpaired) electrons. The number of rotatable bonds is 8. The van der Waals surface area contributed by atoms with Gasteiger partial charge in [-0.3, -0.25) is 14.3 Å². The SMILES string of the molecule is CC(C)NC(=O)Cc1ccc(NC(=O)/C=C/c2ccc(NS(C)(=O)=O)cc2)cc1. The van der Waals surface area contributed by atoms with Crippen LogP contribution in [0.4, 0.5) is 11.4 Å². The fourth-order valence-electron chi connectivity index (χ4n) is 2.50. The number of nitrogens with one attached hydrogen (secondary N) is 3. The van der Waals surface area contributed by atoms with E-state index in [1.807, 2.05) is 13.8 Å². The van der Waals surface area contributed by atoms with E-state index in [0.29, 0.717) is 11.4 Å². The van der Waals surface area contributed by atoms with Gasteiger partial charge in [0, 0.05) is 23.5 Å². The molecule has 2 aromatic carbocycles. The monoisotopic (exact) mass is 415 g/mol. The third-order valence-corrected chi connectivity index (χ3v) is 4.28. The van der Waals surface area contributed by atoms with Gasteiger partial charge in [0.2, 0.25) is 21.8 Å². The standard InChI is InChI=1S/C21H25N3O4S/c1-15(2)22-21(26)14-17-6-9-18(10-7-17)23-20(25)13-8-16-4-11-19(12-5-16)24-29(3,27)28/h4-13,15,24H,14H2,1-3H3,(H,22,26)(H,23,25)/b13-8+. The number of hydrogen-bond donors (Lipinski definition) is 3. The molecule has 0 saturated heterocycles. The first-order valence-electron chi connectivity index (χ1n) is 9.06. The summed E-state index contributed by atoms with van der Waals surface area (Å²) in [5, 5.41) is 5.58. The molecule has 0 saturated carbocycles. The summed E-state index contributed by atoms with van der Waals surface area (Å²) in [6.07, 6.45) is 4.39. The van der Waals surface area contributed by atoms with E-state index in [1.54, 1.807) is 54.6 Å². The van der Waals surface area contributed by atoms with Crippen molar-refractivity contribution in [3.8, 4) is 0 Å². The summed E-state index contributed by atoms with van der Waals surface area (Å²) < 4.78 is 24.8. The highest BCUT2D eigenvalue weighted by Crippen LogP contribution is 2.13. The zero-order valence-electron chi connectivity index (χ0n) is 16.6. The number of anilines is 2. The van der Waals surface area contributed by atoms with Gasteiger partial charge in [0.15, 0.2) is 0 Å². The lowest BCUT2D eigenvalue weighted by Gasteiger charge is -2.09. The van der Waals surface area contributed by atoms with Crippen molar-refractivity contribution in [2.45, 2.75) is 26.3 Å². The Morgan fingerprint density at radius 2 is 1.55 bits per heavy atom. The van der Waals surface area contributed by atoms with Crippen molar-refractivity contribution < 1.29 is 18.0 Å². The third kappa shape index (κ3) is 8.61. The zero-order valence-corrected chi connectivity index (χ0v) is 17.4. The molecule has 29 heavy (non-hydrogen) atoms. The summed E-state index contributed by atoms with van der Waals surface area (Å²) in [5.41, 5.74) is 2.70. The maximum absolute atomic E-state index is 12.1. The topological polar surface area (TPSA) is 104 Å². The molecule has 0 aromatic heterocycles. The molecule has 2 rings (SSSR count). The molecule has 7 nitrogen and oxygen atoms in total. The van der Waals surface area contributed by atoms with Gasteiger partial charge in [-0.2, -0.15) is 0 Å². The molecule has 0 unspecified atom stereocenters. The number of carbonyl (C=O) groups is 2. The van der Waals surface area contributed by atoms with E-state index < -0.39 is 10.0 Å². The molecule has 2 aromatic rings. The lowest BCUT2D eigenvalue weighted by atomic mass is 10.1. The first kappa shape index (κ1) is 22.2. The smallest absolute Gasteiger partial charge is 0.248 e. The molecule has 0 atom stereocenters. The van der Waals surface area contributed by atoms with Gasteiger partial charge in [0.05, 0.1) is 12.7 Å². The van der Waals surface area contributed by atoms with Crippen LogP contribution in [0.15, 0.2) is 54.6 Å². The van der Waals surface area contributed by atoms with E-state index in [2.05, 4.69) is 15.4 Å². The van der Waals surface area contributed by atoms with Crippen molar-refractivity contribution in [1.82, 2.24) is 5.32 Å². The molecule has 2 amide bonds. The minimum atomic E-state index is -3.32. The van der Waals surface area contributed by atoms with E-state index in [1.165, 1.54) is 6.08 Å². The summed E-state index contributed by atoms with van der Waals surface area (Å²) >= 11 is 0. The fraction of sp³-hybridized carbons (Fsp3) is 0.238. The van der Waals surface area contributed by atoms with Crippen molar-refractivity contribution in [2.24, 2.45) is 0 Å². The van der Waals surface area contributed by atoms with Crippen molar-refractivity contribution >= 4 is 39.3 Å². The van der Waals surface area contributed by atoms with Crippen LogP contribution in [0.5, 0.6) is 0 Å². The van der Waals surface area contributed by atoms with E-state index >= 15 is 0 Å². The lowest BCUT2D eigenvalue weighted by molar-refractivity contribution is -0.121. The zero-order chi connectivity index (χ0) is 21.4. The molecule has 0 spiro atoms. The van der Waals surface area contributed by atoms with E-state index in [0.717, 1.165) is 17.4 Å². The van der Waals surface area contributed by atoms with Crippen LogP contribution in [0.3, 0.4) is 0 Å². The van der Waals surface area contributed by atoms with Gasteiger partial charge < -0.3 is 10.6 Å². The summed E-state index contributed by atoms with van der Waals surface area (Å²) in [5.74, 6) is -0.342.